The Morgan fingerprint density at radius 1 is 1.07 bits per heavy atom. The van der Waals surface area contributed by atoms with E-state index in [4.69, 9.17) is 0 Å². The number of nitrogens with zero attached hydrogens (tertiary/aromatic N) is 3. The van der Waals surface area contributed by atoms with E-state index in [9.17, 15) is 4.79 Å². The van der Waals surface area contributed by atoms with Gasteiger partial charge in [0.2, 0.25) is 0 Å². The summed E-state index contributed by atoms with van der Waals surface area (Å²) in [6, 6.07) is 18.3. The van der Waals surface area contributed by atoms with Gasteiger partial charge in [0, 0.05) is 43.5 Å². The van der Waals surface area contributed by atoms with E-state index in [0.29, 0.717) is 11.8 Å². The Morgan fingerprint density at radius 2 is 1.86 bits per heavy atom. The molecule has 0 unspecified atom stereocenters. The van der Waals surface area contributed by atoms with Crippen LogP contribution < -0.4 is 5.32 Å². The van der Waals surface area contributed by atoms with Crippen molar-refractivity contribution in [3.63, 3.8) is 0 Å². The molecule has 1 aromatic heterocycles. The first-order valence-corrected chi connectivity index (χ1v) is 9.89. The number of nitrogens with one attached hydrogen (secondary N) is 1. The van der Waals surface area contributed by atoms with Crippen LogP contribution in [0.4, 0.5) is 0 Å². The first kappa shape index (κ1) is 19.7. The van der Waals surface area contributed by atoms with E-state index in [1.807, 2.05) is 36.5 Å². The minimum atomic E-state index is 0. The summed E-state index contributed by atoms with van der Waals surface area (Å²) in [7, 11) is 0. The van der Waals surface area contributed by atoms with Crippen LogP contribution in [0.25, 0.3) is 5.69 Å². The van der Waals surface area contributed by atoms with Gasteiger partial charge in [-0.25, -0.2) is 4.68 Å². The van der Waals surface area contributed by atoms with Gasteiger partial charge in [-0.3, -0.25) is 4.79 Å². The van der Waals surface area contributed by atoms with Crippen LogP contribution in [0.2, 0.25) is 0 Å². The highest BCUT2D eigenvalue weighted by molar-refractivity contribution is 5.95. The second-order valence-electron chi connectivity index (χ2n) is 7.84. The molecule has 0 spiro atoms. The number of benzene rings is 2. The maximum Gasteiger partial charge on any atom is 0.254 e. The van der Waals surface area contributed by atoms with Gasteiger partial charge in [-0.1, -0.05) is 24.3 Å². The second kappa shape index (κ2) is 8.01. The lowest BCUT2D eigenvalue weighted by Gasteiger charge is -2.29. The number of aromatic nitrogens is 2. The molecule has 5 rings (SSSR count). The fourth-order valence-electron chi connectivity index (χ4n) is 4.79. The molecule has 3 heterocycles. The van der Waals surface area contributed by atoms with Crippen molar-refractivity contribution in [1.82, 2.24) is 20.0 Å². The van der Waals surface area contributed by atoms with E-state index in [-0.39, 0.29) is 24.4 Å². The lowest BCUT2D eigenvalue weighted by molar-refractivity contribution is 0.0713. The van der Waals surface area contributed by atoms with E-state index >= 15 is 0 Å². The third-order valence-electron chi connectivity index (χ3n) is 6.22. The summed E-state index contributed by atoms with van der Waals surface area (Å²) in [5.74, 6) is 1.12. The molecule has 3 atom stereocenters. The van der Waals surface area contributed by atoms with Crippen LogP contribution in [0.1, 0.15) is 27.5 Å². The highest BCUT2D eigenvalue weighted by Gasteiger charge is 2.47. The molecule has 2 aliphatic rings. The summed E-state index contributed by atoms with van der Waals surface area (Å²) in [6.07, 6.45) is 3.66. The number of aryl methyl sites for hydroxylation is 1. The molecule has 1 N–H and O–H groups in total. The largest absolute Gasteiger partial charge is 0.331 e. The molecular weight excluding hydrogens is 384 g/mol. The second-order valence-corrected chi connectivity index (χ2v) is 7.84. The summed E-state index contributed by atoms with van der Waals surface area (Å²) in [4.78, 5) is 15.6. The van der Waals surface area contributed by atoms with Crippen molar-refractivity contribution in [2.24, 2.45) is 11.8 Å². The molecule has 2 aromatic carbocycles. The van der Waals surface area contributed by atoms with Crippen molar-refractivity contribution in [3.8, 4) is 5.69 Å². The van der Waals surface area contributed by atoms with Crippen molar-refractivity contribution in [3.05, 3.63) is 83.7 Å². The summed E-state index contributed by atoms with van der Waals surface area (Å²) in [6.45, 7) is 4.93. The van der Waals surface area contributed by atoms with Crippen LogP contribution in [0, 0.1) is 18.8 Å². The normalized spacial score (nSPS) is 22.9. The number of fused-ring (bicyclic) bond motifs is 1. The number of carbonyl (C=O) groups is 1. The number of hydrogen-bond donors (Lipinski definition) is 1. The van der Waals surface area contributed by atoms with Crippen LogP contribution >= 0.6 is 12.4 Å². The molecule has 6 heteroatoms. The zero-order chi connectivity index (χ0) is 19.1. The van der Waals surface area contributed by atoms with E-state index < -0.39 is 0 Å². The molecule has 0 bridgehead atoms. The van der Waals surface area contributed by atoms with Gasteiger partial charge in [-0.15, -0.1) is 12.4 Å². The van der Waals surface area contributed by atoms with Crippen LogP contribution in [-0.4, -0.2) is 40.2 Å². The fraction of sp³-hybridized carbons (Fsp3) is 0.304. The minimum Gasteiger partial charge on any atom is -0.331 e. The molecular formula is C23H25ClN4O. The van der Waals surface area contributed by atoms with Crippen LogP contribution in [-0.2, 0) is 0 Å². The average Bonchev–Trinajstić information content (AvgIpc) is 3.45. The van der Waals surface area contributed by atoms with Crippen molar-refractivity contribution >= 4 is 18.3 Å². The van der Waals surface area contributed by atoms with Gasteiger partial charge in [0.25, 0.3) is 5.91 Å². The molecule has 29 heavy (non-hydrogen) atoms. The van der Waals surface area contributed by atoms with E-state index in [2.05, 4.69) is 46.5 Å². The van der Waals surface area contributed by atoms with E-state index in [0.717, 1.165) is 30.9 Å². The molecule has 3 aromatic rings. The Morgan fingerprint density at radius 3 is 2.59 bits per heavy atom. The molecule has 1 amide bonds. The third kappa shape index (κ3) is 3.45. The lowest BCUT2D eigenvalue weighted by Crippen LogP contribution is -2.35. The van der Waals surface area contributed by atoms with Crippen molar-refractivity contribution in [2.45, 2.75) is 13.0 Å². The number of carbonyl (C=O) groups excluding carboxylic acids is 1. The highest BCUT2D eigenvalue weighted by atomic mass is 35.5. The molecule has 5 nitrogen and oxygen atoms in total. The summed E-state index contributed by atoms with van der Waals surface area (Å²) in [5, 5.41) is 7.77. The smallest absolute Gasteiger partial charge is 0.254 e. The number of amides is 1. The Balaban J connectivity index is 0.00000205. The predicted octanol–water partition coefficient (Wildman–Crippen LogP) is 3.64. The first-order chi connectivity index (χ1) is 13.7. The van der Waals surface area contributed by atoms with Crippen molar-refractivity contribution in [1.29, 1.82) is 0 Å². The summed E-state index contributed by atoms with van der Waals surface area (Å²) >= 11 is 0. The number of halogens is 1. The molecule has 0 radical (unpaired) electrons. The topological polar surface area (TPSA) is 50.2 Å². The third-order valence-corrected chi connectivity index (χ3v) is 6.22. The average molecular weight is 409 g/mol. The highest BCUT2D eigenvalue weighted by Crippen LogP contribution is 2.44. The Kier molecular flexibility index (Phi) is 5.43. The standard InChI is InChI=1S/C23H24N4O.ClH/c1-16-5-2-3-6-20(16)22-21-14-24-13-18(21)15-26(22)23(28)17-7-9-19(10-8-17)27-12-4-11-25-27;/h2-12,18,21-22,24H,13-15H2,1H3;1H/t18-,21-,22-;/m0./s1. The first-order valence-electron chi connectivity index (χ1n) is 9.89. The van der Waals surface area contributed by atoms with Gasteiger partial charge >= 0.3 is 0 Å². The molecule has 2 fully saturated rings. The van der Waals surface area contributed by atoms with Crippen LogP contribution in [0.15, 0.2) is 67.0 Å². The molecule has 150 valence electrons. The summed E-state index contributed by atoms with van der Waals surface area (Å²) in [5.41, 5.74) is 4.23. The Bertz CT molecular complexity index is 986. The lowest BCUT2D eigenvalue weighted by atomic mass is 9.87. The van der Waals surface area contributed by atoms with Gasteiger partial charge in [0.1, 0.15) is 0 Å². The zero-order valence-electron chi connectivity index (χ0n) is 16.4. The molecule has 0 aliphatic carbocycles. The Labute approximate surface area is 177 Å². The molecule has 2 aliphatic heterocycles. The quantitative estimate of drug-likeness (QED) is 0.719. The van der Waals surface area contributed by atoms with Gasteiger partial charge in [0.15, 0.2) is 0 Å². The van der Waals surface area contributed by atoms with Gasteiger partial charge in [0.05, 0.1) is 11.7 Å². The zero-order valence-corrected chi connectivity index (χ0v) is 17.2. The number of hydrogen-bond acceptors (Lipinski definition) is 3. The maximum atomic E-state index is 13.5. The van der Waals surface area contributed by atoms with Crippen molar-refractivity contribution < 1.29 is 4.79 Å². The van der Waals surface area contributed by atoms with E-state index in [1.165, 1.54) is 11.1 Å². The SMILES string of the molecule is Cc1ccccc1[C@H]1[C@H]2CNC[C@H]2CN1C(=O)c1ccc(-n2cccn2)cc1.Cl. The van der Waals surface area contributed by atoms with Crippen LogP contribution in [0.3, 0.4) is 0 Å². The monoisotopic (exact) mass is 408 g/mol. The molecule has 2 saturated heterocycles. The van der Waals surface area contributed by atoms with Gasteiger partial charge < -0.3 is 10.2 Å². The van der Waals surface area contributed by atoms with Gasteiger partial charge in [-0.05, 0) is 54.3 Å². The van der Waals surface area contributed by atoms with Gasteiger partial charge in [-0.2, -0.15) is 5.10 Å². The van der Waals surface area contributed by atoms with Crippen molar-refractivity contribution in [2.75, 3.05) is 19.6 Å². The Hall–Kier alpha value is -2.63. The maximum absolute atomic E-state index is 13.5. The fourth-order valence-corrected chi connectivity index (χ4v) is 4.79. The molecule has 0 saturated carbocycles. The number of likely N-dealkylation sites (tertiary alicyclic amines) is 1. The van der Waals surface area contributed by atoms with E-state index in [1.54, 1.807) is 10.9 Å². The predicted molar refractivity (Wildman–Crippen MR) is 116 cm³/mol. The minimum absolute atomic E-state index is 0. The number of rotatable bonds is 3. The van der Waals surface area contributed by atoms with Crippen LogP contribution in [0.5, 0.6) is 0 Å². The summed E-state index contributed by atoms with van der Waals surface area (Å²) < 4.78 is 1.80.